The van der Waals surface area contributed by atoms with Gasteiger partial charge in [-0.1, -0.05) is 24.3 Å². The molecule has 0 fully saturated rings. The first kappa shape index (κ1) is 13.2. The van der Waals surface area contributed by atoms with Crippen LogP contribution in [0.4, 0.5) is 10.1 Å². The molecule has 0 amide bonds. The van der Waals surface area contributed by atoms with Crippen LogP contribution in [0, 0.1) is 5.82 Å². The zero-order valence-corrected chi connectivity index (χ0v) is 11.8. The fourth-order valence-corrected chi connectivity index (χ4v) is 3.16. The van der Waals surface area contributed by atoms with Gasteiger partial charge in [-0.15, -0.1) is 0 Å². The molecule has 2 N–H and O–H groups in total. The Kier molecular flexibility index (Phi) is 3.05. The molecule has 2 atom stereocenters. The lowest BCUT2D eigenvalue weighted by Crippen LogP contribution is -2.21. The van der Waals surface area contributed by atoms with Gasteiger partial charge < -0.3 is 10.4 Å². The average molecular weight is 294 g/mol. The molecular formula is C18H15FN2O. The van der Waals surface area contributed by atoms with Gasteiger partial charge in [-0.3, -0.25) is 4.98 Å². The van der Waals surface area contributed by atoms with Gasteiger partial charge in [0.2, 0.25) is 0 Å². The Balaban J connectivity index is 1.75. The normalized spacial score (nSPS) is 20.1. The number of hydrogen-bond acceptors (Lipinski definition) is 3. The standard InChI is InChI=1S/C18H15FN2O/c19-12-5-6-14-15(7-8-20-16(14)10-12)21-18-13-4-2-1-3-11(13)9-17(18)22/h1-8,10,17-18,22H,9H2,(H,20,21)/t17-,18+/m1/s1. The number of nitrogens with zero attached hydrogens (tertiary/aromatic N) is 1. The van der Waals surface area contributed by atoms with Crippen molar-refractivity contribution in [1.29, 1.82) is 0 Å². The molecule has 0 bridgehead atoms. The minimum atomic E-state index is -0.471. The van der Waals surface area contributed by atoms with Crippen LogP contribution >= 0.6 is 0 Å². The zero-order chi connectivity index (χ0) is 15.1. The number of aliphatic hydroxyl groups is 1. The van der Waals surface area contributed by atoms with Crippen molar-refractivity contribution in [2.75, 3.05) is 5.32 Å². The number of pyridine rings is 1. The molecular weight excluding hydrogens is 279 g/mol. The van der Waals surface area contributed by atoms with Crippen LogP contribution in [0.1, 0.15) is 17.2 Å². The highest BCUT2D eigenvalue weighted by Crippen LogP contribution is 2.35. The Hall–Kier alpha value is -2.46. The van der Waals surface area contributed by atoms with Gasteiger partial charge in [0.15, 0.2) is 0 Å². The first-order chi connectivity index (χ1) is 10.7. The number of fused-ring (bicyclic) bond motifs is 2. The molecule has 1 aliphatic carbocycles. The third-order valence-electron chi connectivity index (χ3n) is 4.22. The molecule has 4 rings (SSSR count). The molecule has 1 aromatic heterocycles. The van der Waals surface area contributed by atoms with Gasteiger partial charge in [0.1, 0.15) is 5.82 Å². The molecule has 1 aliphatic rings. The first-order valence-electron chi connectivity index (χ1n) is 7.29. The summed E-state index contributed by atoms with van der Waals surface area (Å²) in [6.07, 6.45) is 1.82. The van der Waals surface area contributed by atoms with Crippen molar-refractivity contribution in [2.24, 2.45) is 0 Å². The van der Waals surface area contributed by atoms with Gasteiger partial charge in [0, 0.05) is 29.8 Å². The Bertz CT molecular complexity index is 849. The molecule has 0 saturated carbocycles. The van der Waals surface area contributed by atoms with Crippen molar-refractivity contribution >= 4 is 16.6 Å². The number of aromatic nitrogens is 1. The Morgan fingerprint density at radius 2 is 2.00 bits per heavy atom. The van der Waals surface area contributed by atoms with Gasteiger partial charge in [-0.2, -0.15) is 0 Å². The van der Waals surface area contributed by atoms with Crippen molar-refractivity contribution in [3.8, 4) is 0 Å². The highest BCUT2D eigenvalue weighted by molar-refractivity contribution is 5.91. The summed E-state index contributed by atoms with van der Waals surface area (Å²) in [6.45, 7) is 0. The lowest BCUT2D eigenvalue weighted by molar-refractivity contribution is 0.166. The third-order valence-corrected chi connectivity index (χ3v) is 4.22. The predicted octanol–water partition coefficient (Wildman–Crippen LogP) is 3.44. The Morgan fingerprint density at radius 1 is 1.14 bits per heavy atom. The smallest absolute Gasteiger partial charge is 0.125 e. The molecule has 0 radical (unpaired) electrons. The van der Waals surface area contributed by atoms with Crippen molar-refractivity contribution in [2.45, 2.75) is 18.6 Å². The van der Waals surface area contributed by atoms with E-state index in [4.69, 9.17) is 0 Å². The molecule has 0 aliphatic heterocycles. The molecule has 4 heteroatoms. The highest BCUT2D eigenvalue weighted by Gasteiger charge is 2.30. The summed E-state index contributed by atoms with van der Waals surface area (Å²) in [5, 5.41) is 14.6. The molecule has 0 spiro atoms. The van der Waals surface area contributed by atoms with Gasteiger partial charge >= 0.3 is 0 Å². The SMILES string of the molecule is O[C@@H]1Cc2ccccc2[C@@H]1Nc1ccnc2cc(F)ccc12. The Morgan fingerprint density at radius 3 is 2.91 bits per heavy atom. The summed E-state index contributed by atoms with van der Waals surface area (Å²) in [5.41, 5.74) is 3.73. The van der Waals surface area contributed by atoms with E-state index in [1.54, 1.807) is 12.3 Å². The number of hydrogen-bond donors (Lipinski definition) is 2. The van der Waals surface area contributed by atoms with E-state index in [9.17, 15) is 9.50 Å². The number of benzene rings is 2. The minimum Gasteiger partial charge on any atom is -0.390 e. The van der Waals surface area contributed by atoms with Gasteiger partial charge in [0.25, 0.3) is 0 Å². The van der Waals surface area contributed by atoms with E-state index in [0.29, 0.717) is 11.9 Å². The summed E-state index contributed by atoms with van der Waals surface area (Å²) >= 11 is 0. The Labute approximate surface area is 127 Å². The van der Waals surface area contributed by atoms with E-state index in [0.717, 1.165) is 22.2 Å². The maximum absolute atomic E-state index is 13.3. The van der Waals surface area contributed by atoms with Crippen LogP contribution in [-0.4, -0.2) is 16.2 Å². The van der Waals surface area contributed by atoms with Crippen molar-refractivity contribution in [3.05, 3.63) is 71.7 Å². The number of aliphatic hydroxyl groups excluding tert-OH is 1. The molecule has 3 aromatic rings. The summed E-state index contributed by atoms with van der Waals surface area (Å²) < 4.78 is 13.3. The molecule has 110 valence electrons. The third kappa shape index (κ3) is 2.12. The molecule has 22 heavy (non-hydrogen) atoms. The monoisotopic (exact) mass is 294 g/mol. The fourth-order valence-electron chi connectivity index (χ4n) is 3.16. The average Bonchev–Trinajstić information content (AvgIpc) is 2.83. The van der Waals surface area contributed by atoms with E-state index in [1.165, 1.54) is 12.1 Å². The van der Waals surface area contributed by atoms with Crippen molar-refractivity contribution < 1.29 is 9.50 Å². The van der Waals surface area contributed by atoms with Gasteiger partial charge in [0.05, 0.1) is 17.7 Å². The largest absolute Gasteiger partial charge is 0.390 e. The number of nitrogens with one attached hydrogen (secondary N) is 1. The summed E-state index contributed by atoms with van der Waals surface area (Å²) in [6, 6.07) is 14.3. The van der Waals surface area contributed by atoms with Crippen LogP contribution < -0.4 is 5.32 Å². The van der Waals surface area contributed by atoms with E-state index in [1.807, 2.05) is 30.3 Å². The predicted molar refractivity (Wildman–Crippen MR) is 84.2 cm³/mol. The molecule has 2 aromatic carbocycles. The number of rotatable bonds is 2. The maximum atomic E-state index is 13.3. The fraction of sp³-hybridized carbons (Fsp3) is 0.167. The zero-order valence-electron chi connectivity index (χ0n) is 11.8. The molecule has 1 heterocycles. The van der Waals surface area contributed by atoms with Crippen LogP contribution in [-0.2, 0) is 6.42 Å². The highest BCUT2D eigenvalue weighted by atomic mass is 19.1. The summed E-state index contributed by atoms with van der Waals surface area (Å²) in [4.78, 5) is 4.20. The maximum Gasteiger partial charge on any atom is 0.125 e. The van der Waals surface area contributed by atoms with Gasteiger partial charge in [-0.25, -0.2) is 4.39 Å². The molecule has 0 unspecified atom stereocenters. The minimum absolute atomic E-state index is 0.160. The first-order valence-corrected chi connectivity index (χ1v) is 7.29. The van der Waals surface area contributed by atoms with E-state index in [-0.39, 0.29) is 11.9 Å². The molecule has 0 saturated heterocycles. The number of halogens is 1. The van der Waals surface area contributed by atoms with Crippen LogP contribution in [0.3, 0.4) is 0 Å². The lowest BCUT2D eigenvalue weighted by atomic mass is 10.1. The van der Waals surface area contributed by atoms with Crippen LogP contribution in [0.2, 0.25) is 0 Å². The summed E-state index contributed by atoms with van der Waals surface area (Å²) in [5.74, 6) is -0.302. The molecule has 3 nitrogen and oxygen atoms in total. The van der Waals surface area contributed by atoms with Gasteiger partial charge in [-0.05, 0) is 29.3 Å². The second kappa shape index (κ2) is 5.07. The van der Waals surface area contributed by atoms with E-state index < -0.39 is 6.10 Å². The number of anilines is 1. The summed E-state index contributed by atoms with van der Waals surface area (Å²) in [7, 11) is 0. The second-order valence-corrected chi connectivity index (χ2v) is 5.61. The van der Waals surface area contributed by atoms with Crippen LogP contribution in [0.25, 0.3) is 10.9 Å². The van der Waals surface area contributed by atoms with E-state index in [2.05, 4.69) is 10.3 Å². The van der Waals surface area contributed by atoms with Crippen LogP contribution in [0.15, 0.2) is 54.7 Å². The quantitative estimate of drug-likeness (QED) is 0.761. The van der Waals surface area contributed by atoms with Crippen molar-refractivity contribution in [3.63, 3.8) is 0 Å². The lowest BCUT2D eigenvalue weighted by Gasteiger charge is -2.20. The topological polar surface area (TPSA) is 45.1 Å². The van der Waals surface area contributed by atoms with Crippen LogP contribution in [0.5, 0.6) is 0 Å². The second-order valence-electron chi connectivity index (χ2n) is 5.61. The van der Waals surface area contributed by atoms with E-state index >= 15 is 0 Å². The van der Waals surface area contributed by atoms with Crippen molar-refractivity contribution in [1.82, 2.24) is 4.98 Å².